The van der Waals surface area contributed by atoms with Crippen molar-refractivity contribution >= 4 is 5.97 Å². The Morgan fingerprint density at radius 3 is 2.58 bits per heavy atom. The molecule has 0 aromatic carbocycles. The van der Waals surface area contributed by atoms with Crippen molar-refractivity contribution in [1.82, 2.24) is 9.97 Å². The second-order valence-corrected chi connectivity index (χ2v) is 3.70. The summed E-state index contributed by atoms with van der Waals surface area (Å²) in [6, 6.07) is 5.63. The summed E-state index contributed by atoms with van der Waals surface area (Å²) in [5.41, 5.74) is 0.275. The maximum absolute atomic E-state index is 11.6. The summed E-state index contributed by atoms with van der Waals surface area (Å²) in [4.78, 5) is 28.0. The number of nitrogens with zero attached hydrogens (tertiary/aromatic N) is 1. The molecule has 2 rings (SSSR count). The Balaban J connectivity index is 0.00000180. The van der Waals surface area contributed by atoms with Gasteiger partial charge in [-0.2, -0.15) is 4.57 Å². The monoisotopic (exact) mass is 283 g/mol. The van der Waals surface area contributed by atoms with Gasteiger partial charge in [0, 0.05) is 12.1 Å². The van der Waals surface area contributed by atoms with Gasteiger partial charge in [0.15, 0.2) is 24.6 Å². The lowest BCUT2D eigenvalue weighted by Gasteiger charge is -2.00. The third-order valence-corrected chi connectivity index (χ3v) is 2.40. The zero-order valence-electron chi connectivity index (χ0n) is 10.4. The van der Waals surface area contributed by atoms with Crippen LogP contribution in [-0.4, -0.2) is 22.5 Å². The van der Waals surface area contributed by atoms with E-state index in [1.54, 1.807) is 6.92 Å². The number of H-pyrrole nitrogens is 2. The van der Waals surface area contributed by atoms with Crippen LogP contribution in [0.5, 0.6) is 0 Å². The molecule has 0 amide bonds. The topological polar surface area (TPSA) is 78.8 Å². The largest absolute Gasteiger partial charge is 1.00 e. The van der Waals surface area contributed by atoms with Crippen molar-refractivity contribution < 1.29 is 26.5 Å². The number of imidazole rings is 1. The summed E-state index contributed by atoms with van der Waals surface area (Å²) < 4.78 is 6.73. The van der Waals surface area contributed by atoms with E-state index in [0.29, 0.717) is 12.2 Å². The summed E-state index contributed by atoms with van der Waals surface area (Å²) >= 11 is 0. The van der Waals surface area contributed by atoms with Crippen LogP contribution in [0.3, 0.4) is 0 Å². The summed E-state index contributed by atoms with van der Waals surface area (Å²) in [7, 11) is 0. The molecule has 0 saturated carbocycles. The van der Waals surface area contributed by atoms with Crippen LogP contribution >= 0.6 is 0 Å². The predicted molar refractivity (Wildman–Crippen MR) is 63.1 cm³/mol. The molecule has 0 spiro atoms. The third-order valence-electron chi connectivity index (χ3n) is 2.40. The Morgan fingerprint density at radius 2 is 1.95 bits per heavy atom. The number of carbonyl (C=O) groups is 1. The van der Waals surface area contributed by atoms with Crippen LogP contribution in [0.4, 0.5) is 0 Å². The van der Waals surface area contributed by atoms with Gasteiger partial charge in [-0.05, 0) is 6.92 Å². The molecule has 19 heavy (non-hydrogen) atoms. The van der Waals surface area contributed by atoms with Crippen LogP contribution in [0.1, 0.15) is 23.1 Å². The summed E-state index contributed by atoms with van der Waals surface area (Å²) in [6.07, 6.45) is 3.69. The number of pyridine rings is 1. The highest BCUT2D eigenvalue weighted by Gasteiger charge is 2.19. The Hall–Kier alpha value is -2.08. The highest BCUT2D eigenvalue weighted by Crippen LogP contribution is 2.02. The summed E-state index contributed by atoms with van der Waals surface area (Å²) in [5.74, 6) is -0.526. The number of rotatable bonds is 4. The van der Waals surface area contributed by atoms with E-state index in [2.05, 4.69) is 9.97 Å². The Bertz CT molecular complexity index is 592. The number of nitrogens with one attached hydrogen (secondary N) is 2. The van der Waals surface area contributed by atoms with Gasteiger partial charge in [-0.25, -0.2) is 9.59 Å². The van der Waals surface area contributed by atoms with E-state index < -0.39 is 11.7 Å². The van der Waals surface area contributed by atoms with E-state index in [4.69, 9.17) is 4.74 Å². The van der Waals surface area contributed by atoms with Crippen molar-refractivity contribution in [3.8, 4) is 0 Å². The molecular weight excluding hydrogens is 270 g/mol. The zero-order chi connectivity index (χ0) is 13.0. The molecule has 0 aliphatic carbocycles. The quantitative estimate of drug-likeness (QED) is 0.471. The third kappa shape index (κ3) is 3.69. The van der Waals surface area contributed by atoms with E-state index in [-0.39, 0.29) is 24.7 Å². The molecule has 0 aliphatic heterocycles. The van der Waals surface area contributed by atoms with E-state index in [0.717, 1.165) is 0 Å². The lowest BCUT2D eigenvalue weighted by molar-refractivity contribution is -0.688. The normalized spacial score (nSPS) is 9.74. The van der Waals surface area contributed by atoms with Crippen LogP contribution in [0.2, 0.25) is 0 Å². The molecule has 0 saturated heterocycles. The van der Waals surface area contributed by atoms with Gasteiger partial charge < -0.3 is 22.1 Å². The Morgan fingerprint density at radius 1 is 1.26 bits per heavy atom. The maximum atomic E-state index is 11.6. The number of ether oxygens (including phenoxy) is 1. The smallest absolute Gasteiger partial charge is 0.356 e. The first-order valence-electron chi connectivity index (χ1n) is 5.63. The first-order valence-corrected chi connectivity index (χ1v) is 5.63. The minimum atomic E-state index is -0.526. The summed E-state index contributed by atoms with van der Waals surface area (Å²) in [6.45, 7) is 2.38. The van der Waals surface area contributed by atoms with Gasteiger partial charge in [0.05, 0.1) is 6.61 Å². The van der Waals surface area contributed by atoms with Crippen LogP contribution in [0.25, 0.3) is 0 Å². The van der Waals surface area contributed by atoms with Gasteiger partial charge in [-0.1, -0.05) is 6.07 Å². The maximum Gasteiger partial charge on any atom is 0.356 e. The minimum Gasteiger partial charge on any atom is -1.00 e. The fraction of sp³-hybridized carbons (Fsp3) is 0.250. The predicted octanol–water partition coefficient (Wildman–Crippen LogP) is -2.78. The first-order chi connectivity index (χ1) is 8.70. The molecule has 6 nitrogen and oxygen atoms in total. The number of aromatic nitrogens is 3. The minimum absolute atomic E-state index is 0. The van der Waals surface area contributed by atoms with Crippen LogP contribution in [0.15, 0.2) is 35.4 Å². The molecule has 2 aromatic heterocycles. The highest BCUT2D eigenvalue weighted by atomic mass is 35.5. The van der Waals surface area contributed by atoms with E-state index >= 15 is 0 Å². The van der Waals surface area contributed by atoms with Crippen LogP contribution in [0, 0.1) is 0 Å². The number of esters is 1. The van der Waals surface area contributed by atoms with E-state index in [1.807, 2.05) is 35.2 Å². The van der Waals surface area contributed by atoms with Crippen molar-refractivity contribution in [2.45, 2.75) is 13.5 Å². The molecule has 0 unspecified atom stereocenters. The van der Waals surface area contributed by atoms with Gasteiger partial charge in [0.25, 0.3) is 0 Å². The standard InChI is InChI=1S/C12H13N3O3.ClH/c1-2-18-11(16)10-9(13-12(17)14-10)8-15-6-4-3-5-7-15;/h3-7H,2,8H2,1H3,(H-,13,14,16,17);1H. The van der Waals surface area contributed by atoms with Gasteiger partial charge in [0.1, 0.15) is 5.69 Å². The second kappa shape index (κ2) is 6.75. The Kier molecular flexibility index (Phi) is 5.32. The molecule has 0 bridgehead atoms. The summed E-state index contributed by atoms with van der Waals surface area (Å²) in [5, 5.41) is 0. The fourth-order valence-electron chi connectivity index (χ4n) is 1.64. The van der Waals surface area contributed by atoms with Crippen LogP contribution in [-0.2, 0) is 11.3 Å². The molecule has 7 heteroatoms. The second-order valence-electron chi connectivity index (χ2n) is 3.70. The van der Waals surface area contributed by atoms with Gasteiger partial charge >= 0.3 is 11.7 Å². The lowest BCUT2D eigenvalue weighted by atomic mass is 10.3. The van der Waals surface area contributed by atoms with Gasteiger partial charge in [0.2, 0.25) is 0 Å². The average molecular weight is 284 g/mol. The molecule has 2 aromatic rings. The highest BCUT2D eigenvalue weighted by molar-refractivity contribution is 5.88. The first kappa shape index (κ1) is 15.0. The van der Waals surface area contributed by atoms with Crippen LogP contribution < -0.4 is 22.7 Å². The molecule has 2 N–H and O–H groups in total. The number of aromatic amines is 2. The molecular formula is C12H14ClN3O3. The molecule has 102 valence electrons. The van der Waals surface area contributed by atoms with E-state index in [1.165, 1.54) is 0 Å². The SMILES string of the molecule is CCOC(=O)c1[nH]c(=O)[nH]c1C[n+]1ccccc1.[Cl-]. The molecule has 0 aliphatic rings. The zero-order valence-corrected chi connectivity index (χ0v) is 11.1. The number of hydrogen-bond acceptors (Lipinski definition) is 3. The molecule has 2 heterocycles. The van der Waals surface area contributed by atoms with Crippen molar-refractivity contribution in [2.75, 3.05) is 6.61 Å². The van der Waals surface area contributed by atoms with Crippen molar-refractivity contribution in [2.24, 2.45) is 0 Å². The Labute approximate surface area is 115 Å². The van der Waals surface area contributed by atoms with Crippen molar-refractivity contribution in [3.63, 3.8) is 0 Å². The van der Waals surface area contributed by atoms with E-state index in [9.17, 15) is 9.59 Å². The van der Waals surface area contributed by atoms with Gasteiger partial charge in [-0.3, -0.25) is 4.98 Å². The number of carbonyl (C=O) groups excluding carboxylic acids is 1. The van der Waals surface area contributed by atoms with Crippen molar-refractivity contribution in [3.05, 3.63) is 52.5 Å². The molecule has 0 atom stereocenters. The van der Waals surface area contributed by atoms with Crippen molar-refractivity contribution in [1.29, 1.82) is 0 Å². The molecule has 0 fully saturated rings. The van der Waals surface area contributed by atoms with Gasteiger partial charge in [-0.15, -0.1) is 0 Å². The number of halogens is 1. The fourth-order valence-corrected chi connectivity index (χ4v) is 1.64. The number of hydrogen-bond donors (Lipinski definition) is 2. The molecule has 0 radical (unpaired) electrons. The lowest BCUT2D eigenvalue weighted by Crippen LogP contribution is -3.00. The average Bonchev–Trinajstić information content (AvgIpc) is 2.72.